The molecule has 0 saturated carbocycles. The highest BCUT2D eigenvalue weighted by Gasteiger charge is 2.15. The highest BCUT2D eigenvalue weighted by Crippen LogP contribution is 2.20. The van der Waals surface area contributed by atoms with Crippen LogP contribution in [0.4, 0.5) is 0 Å². The molecule has 1 heterocycles. The number of rotatable bonds is 4. The van der Waals surface area contributed by atoms with Gasteiger partial charge in [0.2, 0.25) is 5.89 Å². The Balaban J connectivity index is 2.60. The van der Waals surface area contributed by atoms with Gasteiger partial charge in [0.05, 0.1) is 6.04 Å². The zero-order valence-electron chi connectivity index (χ0n) is 8.15. The monoisotopic (exact) mass is 201 g/mol. The highest BCUT2D eigenvalue weighted by atomic mass is 32.2. The Morgan fingerprint density at radius 3 is 2.62 bits per heavy atom. The number of aromatic nitrogens is 2. The molecule has 0 aliphatic carbocycles. The fourth-order valence-corrected chi connectivity index (χ4v) is 1.35. The van der Waals surface area contributed by atoms with Crippen LogP contribution in [0, 0.1) is 5.92 Å². The van der Waals surface area contributed by atoms with Gasteiger partial charge in [0, 0.05) is 0 Å². The molecule has 0 unspecified atom stereocenters. The lowest BCUT2D eigenvalue weighted by Gasteiger charge is -2.08. The van der Waals surface area contributed by atoms with Gasteiger partial charge in [-0.15, -0.1) is 10.2 Å². The van der Waals surface area contributed by atoms with E-state index in [2.05, 4.69) is 24.0 Å². The van der Waals surface area contributed by atoms with Crippen LogP contribution in [-0.2, 0) is 0 Å². The van der Waals surface area contributed by atoms with E-state index in [1.54, 1.807) is 0 Å². The van der Waals surface area contributed by atoms with E-state index in [1.165, 1.54) is 11.8 Å². The van der Waals surface area contributed by atoms with Crippen LogP contribution in [0.2, 0.25) is 0 Å². The first kappa shape index (κ1) is 10.5. The van der Waals surface area contributed by atoms with Crippen LogP contribution >= 0.6 is 11.8 Å². The van der Waals surface area contributed by atoms with Crippen molar-refractivity contribution in [3.63, 3.8) is 0 Å². The van der Waals surface area contributed by atoms with Crippen molar-refractivity contribution in [2.45, 2.75) is 31.5 Å². The van der Waals surface area contributed by atoms with E-state index in [1.807, 2.05) is 6.26 Å². The number of nitrogens with zero attached hydrogens (tertiary/aromatic N) is 2. The molecule has 0 aromatic carbocycles. The minimum Gasteiger partial charge on any atom is -0.414 e. The fraction of sp³-hybridized carbons (Fsp3) is 0.750. The van der Waals surface area contributed by atoms with Crippen LogP contribution in [0.15, 0.2) is 9.64 Å². The lowest BCUT2D eigenvalue weighted by atomic mass is 10.1. The second-order valence-corrected chi connectivity index (χ2v) is 4.10. The maximum absolute atomic E-state index is 5.86. The van der Waals surface area contributed by atoms with Gasteiger partial charge in [0.1, 0.15) is 0 Å². The molecule has 0 spiro atoms. The molecule has 1 aromatic rings. The lowest BCUT2D eigenvalue weighted by Crippen LogP contribution is -2.13. The predicted octanol–water partition coefficient (Wildman–Crippen LogP) is 1.84. The Kier molecular flexibility index (Phi) is 3.74. The summed E-state index contributed by atoms with van der Waals surface area (Å²) in [5.74, 6) is 1.08. The van der Waals surface area contributed by atoms with Gasteiger partial charge in [-0.05, 0) is 18.6 Å². The van der Waals surface area contributed by atoms with Crippen molar-refractivity contribution >= 4 is 11.8 Å². The molecule has 0 radical (unpaired) electrons. The molecule has 0 fully saturated rings. The summed E-state index contributed by atoms with van der Waals surface area (Å²) in [5, 5.41) is 8.28. The molecule has 0 aliphatic heterocycles. The lowest BCUT2D eigenvalue weighted by molar-refractivity contribution is 0.361. The van der Waals surface area contributed by atoms with Crippen molar-refractivity contribution in [1.82, 2.24) is 10.2 Å². The number of hydrogen-bond donors (Lipinski definition) is 1. The minimum absolute atomic E-state index is 0.131. The molecule has 0 aliphatic rings. The SMILES string of the molecule is CSc1nnc([C@@H](N)CC(C)C)o1. The smallest absolute Gasteiger partial charge is 0.276 e. The third kappa shape index (κ3) is 3.00. The predicted molar refractivity (Wildman–Crippen MR) is 52.5 cm³/mol. The molecule has 0 amide bonds. The van der Waals surface area contributed by atoms with E-state index >= 15 is 0 Å². The molecule has 1 aromatic heterocycles. The number of hydrogen-bond acceptors (Lipinski definition) is 5. The van der Waals surface area contributed by atoms with Gasteiger partial charge >= 0.3 is 0 Å². The summed E-state index contributed by atoms with van der Waals surface area (Å²) in [4.78, 5) is 0. The molecule has 1 rings (SSSR count). The van der Waals surface area contributed by atoms with Gasteiger partial charge in [0.25, 0.3) is 5.22 Å². The fourth-order valence-electron chi connectivity index (χ4n) is 1.06. The second kappa shape index (κ2) is 4.62. The average Bonchev–Trinajstić information content (AvgIpc) is 2.50. The van der Waals surface area contributed by atoms with Crippen molar-refractivity contribution in [2.24, 2.45) is 11.7 Å². The van der Waals surface area contributed by atoms with Crippen LogP contribution in [0.25, 0.3) is 0 Å². The summed E-state index contributed by atoms with van der Waals surface area (Å²) in [6.45, 7) is 4.23. The van der Waals surface area contributed by atoms with Crippen LogP contribution in [0.5, 0.6) is 0 Å². The first-order valence-corrected chi connectivity index (χ1v) is 5.49. The molecule has 4 nitrogen and oxygen atoms in total. The second-order valence-electron chi connectivity index (χ2n) is 3.35. The van der Waals surface area contributed by atoms with Gasteiger partial charge in [0.15, 0.2) is 0 Å². The van der Waals surface area contributed by atoms with E-state index in [9.17, 15) is 0 Å². The zero-order chi connectivity index (χ0) is 9.84. The van der Waals surface area contributed by atoms with Gasteiger partial charge in [-0.1, -0.05) is 25.6 Å². The maximum atomic E-state index is 5.86. The first-order chi connectivity index (χ1) is 6.13. The Morgan fingerprint density at radius 2 is 2.15 bits per heavy atom. The summed E-state index contributed by atoms with van der Waals surface area (Å²) in [6.07, 6.45) is 2.77. The number of thioether (sulfide) groups is 1. The molecule has 2 N–H and O–H groups in total. The largest absolute Gasteiger partial charge is 0.414 e. The topological polar surface area (TPSA) is 64.9 Å². The summed E-state index contributed by atoms with van der Waals surface area (Å²) >= 11 is 1.43. The zero-order valence-corrected chi connectivity index (χ0v) is 8.97. The Labute approximate surface area is 82.3 Å². The maximum Gasteiger partial charge on any atom is 0.276 e. The molecular formula is C8H15N3OS. The normalized spacial score (nSPS) is 13.6. The van der Waals surface area contributed by atoms with E-state index in [0.29, 0.717) is 17.0 Å². The van der Waals surface area contributed by atoms with Crippen LogP contribution < -0.4 is 5.73 Å². The Bertz CT molecular complexity index is 262. The first-order valence-electron chi connectivity index (χ1n) is 4.26. The minimum atomic E-state index is -0.131. The summed E-state index contributed by atoms with van der Waals surface area (Å²) in [7, 11) is 0. The third-order valence-corrected chi connectivity index (χ3v) is 2.15. The van der Waals surface area contributed by atoms with E-state index in [4.69, 9.17) is 10.2 Å². The average molecular weight is 201 g/mol. The molecule has 5 heteroatoms. The highest BCUT2D eigenvalue weighted by molar-refractivity contribution is 7.98. The standard InChI is InChI=1S/C8H15N3OS/c1-5(2)4-6(9)7-10-11-8(12-7)13-3/h5-6H,4,9H2,1-3H3/t6-/m0/s1. The van der Waals surface area contributed by atoms with Crippen molar-refractivity contribution in [2.75, 3.05) is 6.26 Å². The molecule has 1 atom stereocenters. The molecular weight excluding hydrogens is 186 g/mol. The quantitative estimate of drug-likeness (QED) is 0.753. The van der Waals surface area contributed by atoms with Gasteiger partial charge in [-0.2, -0.15) is 0 Å². The van der Waals surface area contributed by atoms with Gasteiger partial charge in [-0.25, -0.2) is 0 Å². The Morgan fingerprint density at radius 1 is 1.46 bits per heavy atom. The number of nitrogens with two attached hydrogens (primary N) is 1. The van der Waals surface area contributed by atoms with Crippen molar-refractivity contribution < 1.29 is 4.42 Å². The van der Waals surface area contributed by atoms with Crippen LogP contribution in [0.1, 0.15) is 32.2 Å². The van der Waals surface area contributed by atoms with Gasteiger partial charge in [-0.3, -0.25) is 0 Å². The van der Waals surface area contributed by atoms with Crippen LogP contribution in [-0.4, -0.2) is 16.5 Å². The van der Waals surface area contributed by atoms with Crippen LogP contribution in [0.3, 0.4) is 0 Å². The van der Waals surface area contributed by atoms with Crippen molar-refractivity contribution in [3.05, 3.63) is 5.89 Å². The summed E-state index contributed by atoms with van der Waals surface area (Å²) in [6, 6.07) is -0.131. The van der Waals surface area contributed by atoms with Crippen molar-refractivity contribution in [1.29, 1.82) is 0 Å². The van der Waals surface area contributed by atoms with E-state index in [-0.39, 0.29) is 6.04 Å². The Hall–Kier alpha value is -0.550. The molecule has 74 valence electrons. The van der Waals surface area contributed by atoms with Crippen molar-refractivity contribution in [3.8, 4) is 0 Å². The van der Waals surface area contributed by atoms with E-state index < -0.39 is 0 Å². The molecule has 0 bridgehead atoms. The molecule has 13 heavy (non-hydrogen) atoms. The van der Waals surface area contributed by atoms with Gasteiger partial charge < -0.3 is 10.2 Å². The summed E-state index contributed by atoms with van der Waals surface area (Å²) < 4.78 is 5.31. The molecule has 0 saturated heterocycles. The third-order valence-electron chi connectivity index (χ3n) is 1.64. The summed E-state index contributed by atoms with van der Waals surface area (Å²) in [5.41, 5.74) is 5.86. The van der Waals surface area contributed by atoms with E-state index in [0.717, 1.165) is 6.42 Å².